The van der Waals surface area contributed by atoms with Crippen LogP contribution in [0.15, 0.2) is 12.1 Å². The van der Waals surface area contributed by atoms with Gasteiger partial charge in [0.15, 0.2) is 17.4 Å². The molecule has 1 aromatic carbocycles. The van der Waals surface area contributed by atoms with E-state index < -0.39 is 28.9 Å². The third-order valence-corrected chi connectivity index (χ3v) is 2.19. The van der Waals surface area contributed by atoms with E-state index in [1.165, 1.54) is 0 Å². The zero-order valence-electron chi connectivity index (χ0n) is 9.67. The SMILES string of the molecule is CC(C)CCOc1c(F)cc(C(=O)O)cc1F. The third kappa shape index (κ3) is 3.69. The normalized spacial score (nSPS) is 10.6. The molecule has 0 aliphatic carbocycles. The maximum atomic E-state index is 13.4. The molecular formula is C12H14F2O3. The van der Waals surface area contributed by atoms with Crippen LogP contribution in [0.3, 0.4) is 0 Å². The Bertz CT molecular complexity index is 393. The van der Waals surface area contributed by atoms with E-state index in [-0.39, 0.29) is 6.61 Å². The Morgan fingerprint density at radius 1 is 1.35 bits per heavy atom. The second-order valence-electron chi connectivity index (χ2n) is 4.11. The van der Waals surface area contributed by atoms with Gasteiger partial charge in [-0.25, -0.2) is 13.6 Å². The molecule has 0 aliphatic heterocycles. The summed E-state index contributed by atoms with van der Waals surface area (Å²) in [6.07, 6.45) is 0.666. The van der Waals surface area contributed by atoms with Crippen molar-refractivity contribution in [3.8, 4) is 5.75 Å². The topological polar surface area (TPSA) is 46.5 Å². The Labute approximate surface area is 98.0 Å². The minimum atomic E-state index is -1.38. The number of carboxylic acid groups (broad SMARTS) is 1. The number of benzene rings is 1. The molecule has 0 saturated heterocycles. The van der Waals surface area contributed by atoms with Crippen LogP contribution >= 0.6 is 0 Å². The fraction of sp³-hybridized carbons (Fsp3) is 0.417. The quantitative estimate of drug-likeness (QED) is 0.865. The highest BCUT2D eigenvalue weighted by Gasteiger charge is 2.15. The molecular weight excluding hydrogens is 230 g/mol. The third-order valence-electron chi connectivity index (χ3n) is 2.19. The van der Waals surface area contributed by atoms with Crippen LogP contribution in [0.2, 0.25) is 0 Å². The molecule has 0 radical (unpaired) electrons. The van der Waals surface area contributed by atoms with Crippen LogP contribution in [-0.4, -0.2) is 17.7 Å². The first-order chi connectivity index (χ1) is 7.91. The number of halogens is 2. The van der Waals surface area contributed by atoms with E-state index in [0.29, 0.717) is 12.3 Å². The van der Waals surface area contributed by atoms with E-state index in [0.717, 1.165) is 12.1 Å². The summed E-state index contributed by atoms with van der Waals surface area (Å²) in [5.74, 6) is -3.52. The minimum Gasteiger partial charge on any atom is -0.488 e. The standard InChI is InChI=1S/C12H14F2O3/c1-7(2)3-4-17-11-9(13)5-8(12(15)16)6-10(11)14/h5-7H,3-4H2,1-2H3,(H,15,16). The van der Waals surface area contributed by atoms with Crippen molar-refractivity contribution in [2.24, 2.45) is 5.92 Å². The van der Waals surface area contributed by atoms with Crippen molar-refractivity contribution in [2.75, 3.05) is 6.61 Å². The van der Waals surface area contributed by atoms with E-state index in [1.807, 2.05) is 13.8 Å². The van der Waals surface area contributed by atoms with Gasteiger partial charge in [0.25, 0.3) is 0 Å². The summed E-state index contributed by atoms with van der Waals surface area (Å²) in [6, 6.07) is 1.49. The van der Waals surface area contributed by atoms with E-state index in [2.05, 4.69) is 0 Å². The number of aromatic carboxylic acids is 1. The smallest absolute Gasteiger partial charge is 0.335 e. The summed E-state index contributed by atoms with van der Waals surface area (Å²) in [4.78, 5) is 10.5. The molecule has 0 atom stereocenters. The van der Waals surface area contributed by atoms with Gasteiger partial charge in [-0.1, -0.05) is 13.8 Å². The molecule has 5 heteroatoms. The largest absolute Gasteiger partial charge is 0.488 e. The van der Waals surface area contributed by atoms with E-state index in [4.69, 9.17) is 9.84 Å². The van der Waals surface area contributed by atoms with Crippen LogP contribution in [0.25, 0.3) is 0 Å². The average molecular weight is 244 g/mol. The van der Waals surface area contributed by atoms with Gasteiger partial charge in [0.05, 0.1) is 12.2 Å². The van der Waals surface area contributed by atoms with Gasteiger partial charge in [0, 0.05) is 0 Å². The molecule has 0 fully saturated rings. The van der Waals surface area contributed by atoms with Gasteiger partial charge in [-0.2, -0.15) is 0 Å². The fourth-order valence-electron chi connectivity index (χ4n) is 1.22. The Kier molecular flexibility index (Phi) is 4.43. The molecule has 1 N–H and O–H groups in total. The lowest BCUT2D eigenvalue weighted by molar-refractivity contribution is 0.0695. The monoisotopic (exact) mass is 244 g/mol. The van der Waals surface area contributed by atoms with E-state index >= 15 is 0 Å². The lowest BCUT2D eigenvalue weighted by atomic mass is 10.1. The van der Waals surface area contributed by atoms with Crippen LogP contribution in [0.5, 0.6) is 5.75 Å². The van der Waals surface area contributed by atoms with Crippen molar-refractivity contribution in [1.82, 2.24) is 0 Å². The number of carboxylic acids is 1. The van der Waals surface area contributed by atoms with Crippen LogP contribution in [0.1, 0.15) is 30.6 Å². The van der Waals surface area contributed by atoms with Gasteiger partial charge >= 0.3 is 5.97 Å². The van der Waals surface area contributed by atoms with Gasteiger partial charge in [0.2, 0.25) is 0 Å². The maximum absolute atomic E-state index is 13.4. The van der Waals surface area contributed by atoms with E-state index in [9.17, 15) is 13.6 Å². The number of carbonyl (C=O) groups is 1. The van der Waals surface area contributed by atoms with Gasteiger partial charge in [-0.3, -0.25) is 0 Å². The van der Waals surface area contributed by atoms with Crippen molar-refractivity contribution in [3.63, 3.8) is 0 Å². The van der Waals surface area contributed by atoms with Crippen LogP contribution in [-0.2, 0) is 0 Å². The van der Waals surface area contributed by atoms with Crippen molar-refractivity contribution in [3.05, 3.63) is 29.3 Å². The second kappa shape index (κ2) is 5.61. The van der Waals surface area contributed by atoms with Gasteiger partial charge in [0.1, 0.15) is 0 Å². The number of hydrogen-bond donors (Lipinski definition) is 1. The molecule has 0 aliphatic rings. The molecule has 0 saturated carbocycles. The summed E-state index contributed by atoms with van der Waals surface area (Å²) in [6.45, 7) is 4.12. The molecule has 17 heavy (non-hydrogen) atoms. The van der Waals surface area contributed by atoms with Crippen LogP contribution < -0.4 is 4.74 Å². The molecule has 1 aromatic rings. The Morgan fingerprint density at radius 2 is 1.88 bits per heavy atom. The maximum Gasteiger partial charge on any atom is 0.335 e. The Morgan fingerprint density at radius 3 is 2.29 bits per heavy atom. The molecule has 0 heterocycles. The first-order valence-corrected chi connectivity index (χ1v) is 5.27. The predicted molar refractivity (Wildman–Crippen MR) is 58.3 cm³/mol. The highest BCUT2D eigenvalue weighted by molar-refractivity contribution is 5.87. The zero-order chi connectivity index (χ0) is 13.0. The molecule has 94 valence electrons. The lowest BCUT2D eigenvalue weighted by Gasteiger charge is -2.10. The number of hydrogen-bond acceptors (Lipinski definition) is 2. The first kappa shape index (κ1) is 13.4. The Hall–Kier alpha value is -1.65. The summed E-state index contributed by atoms with van der Waals surface area (Å²) in [7, 11) is 0. The van der Waals surface area contributed by atoms with Gasteiger partial charge < -0.3 is 9.84 Å². The summed E-state index contributed by atoms with van der Waals surface area (Å²) >= 11 is 0. The van der Waals surface area contributed by atoms with Crippen LogP contribution in [0, 0.1) is 17.6 Å². The summed E-state index contributed by atoms with van der Waals surface area (Å²) < 4.78 is 31.7. The highest BCUT2D eigenvalue weighted by atomic mass is 19.1. The minimum absolute atomic E-state index is 0.192. The molecule has 0 unspecified atom stereocenters. The molecule has 0 bridgehead atoms. The van der Waals surface area contributed by atoms with Crippen molar-refractivity contribution < 1.29 is 23.4 Å². The summed E-state index contributed by atoms with van der Waals surface area (Å²) in [5.41, 5.74) is -0.434. The molecule has 0 aromatic heterocycles. The number of ether oxygens (including phenoxy) is 1. The zero-order valence-corrected chi connectivity index (χ0v) is 9.67. The van der Waals surface area contributed by atoms with Crippen molar-refractivity contribution >= 4 is 5.97 Å². The lowest BCUT2D eigenvalue weighted by Crippen LogP contribution is -2.06. The predicted octanol–water partition coefficient (Wildman–Crippen LogP) is 3.09. The van der Waals surface area contributed by atoms with Crippen LogP contribution in [0.4, 0.5) is 8.78 Å². The Balaban J connectivity index is 2.83. The van der Waals surface area contributed by atoms with Gasteiger partial charge in [-0.05, 0) is 24.5 Å². The fourth-order valence-corrected chi connectivity index (χ4v) is 1.22. The van der Waals surface area contributed by atoms with Crippen molar-refractivity contribution in [2.45, 2.75) is 20.3 Å². The highest BCUT2D eigenvalue weighted by Crippen LogP contribution is 2.23. The molecule has 0 spiro atoms. The molecule has 3 nitrogen and oxygen atoms in total. The summed E-state index contributed by atoms with van der Waals surface area (Å²) in [5, 5.41) is 8.60. The molecule has 1 rings (SSSR count). The molecule has 0 amide bonds. The first-order valence-electron chi connectivity index (χ1n) is 5.27. The second-order valence-corrected chi connectivity index (χ2v) is 4.11. The van der Waals surface area contributed by atoms with Crippen molar-refractivity contribution in [1.29, 1.82) is 0 Å². The average Bonchev–Trinajstić information content (AvgIpc) is 2.21. The van der Waals surface area contributed by atoms with Gasteiger partial charge in [-0.15, -0.1) is 0 Å². The van der Waals surface area contributed by atoms with E-state index in [1.54, 1.807) is 0 Å². The number of rotatable bonds is 5.